The summed E-state index contributed by atoms with van der Waals surface area (Å²) >= 11 is 0. The van der Waals surface area contributed by atoms with E-state index in [1.165, 1.54) is 24.0 Å². The molecular formula is C18H24O. The third-order valence-corrected chi connectivity index (χ3v) is 3.52. The highest BCUT2D eigenvalue weighted by molar-refractivity contribution is 5.75. The lowest BCUT2D eigenvalue weighted by molar-refractivity contribution is 0.306. The van der Waals surface area contributed by atoms with Gasteiger partial charge in [-0.3, -0.25) is 0 Å². The van der Waals surface area contributed by atoms with Crippen LogP contribution >= 0.6 is 0 Å². The molecule has 0 spiro atoms. The van der Waals surface area contributed by atoms with Gasteiger partial charge in [0.2, 0.25) is 0 Å². The summed E-state index contributed by atoms with van der Waals surface area (Å²) in [7, 11) is 0. The first-order valence-corrected chi connectivity index (χ1v) is 7.41. The maximum atomic E-state index is 5.73. The first-order valence-electron chi connectivity index (χ1n) is 7.41. The van der Waals surface area contributed by atoms with Crippen LogP contribution in [0.5, 0.6) is 5.75 Å². The van der Waals surface area contributed by atoms with Gasteiger partial charge in [0.1, 0.15) is 5.75 Å². The number of unbranched alkanes of at least 4 members (excludes halogenated alkanes) is 2. The number of rotatable bonds is 6. The molecule has 1 aromatic rings. The van der Waals surface area contributed by atoms with Crippen LogP contribution in [0.4, 0.5) is 0 Å². The fourth-order valence-electron chi connectivity index (χ4n) is 2.23. The zero-order valence-corrected chi connectivity index (χ0v) is 12.1. The minimum atomic E-state index is 0.671. The van der Waals surface area contributed by atoms with E-state index in [0.29, 0.717) is 5.92 Å². The molecule has 0 radical (unpaired) electrons. The molecule has 0 heterocycles. The number of ether oxygens (including phenoxy) is 1. The van der Waals surface area contributed by atoms with Gasteiger partial charge in [-0.2, -0.15) is 0 Å². The molecule has 1 unspecified atom stereocenters. The second-order valence-corrected chi connectivity index (χ2v) is 5.31. The van der Waals surface area contributed by atoms with E-state index < -0.39 is 0 Å². The third-order valence-electron chi connectivity index (χ3n) is 3.52. The minimum Gasteiger partial charge on any atom is -0.494 e. The van der Waals surface area contributed by atoms with Crippen molar-refractivity contribution in [2.75, 3.05) is 6.61 Å². The summed E-state index contributed by atoms with van der Waals surface area (Å²) < 4.78 is 5.73. The van der Waals surface area contributed by atoms with Crippen molar-refractivity contribution in [3.8, 4) is 5.75 Å². The average Bonchev–Trinajstić information content (AvgIpc) is 2.45. The van der Waals surface area contributed by atoms with Gasteiger partial charge in [-0.15, -0.1) is 0 Å². The molecule has 0 saturated heterocycles. The normalized spacial score (nSPS) is 18.2. The minimum absolute atomic E-state index is 0.671. The zero-order valence-electron chi connectivity index (χ0n) is 12.1. The molecule has 1 heteroatoms. The summed E-state index contributed by atoms with van der Waals surface area (Å²) in [6.07, 6.45) is 11.6. The highest BCUT2D eigenvalue weighted by Gasteiger charge is 2.05. The maximum absolute atomic E-state index is 5.73. The lowest BCUT2D eigenvalue weighted by Gasteiger charge is -2.12. The van der Waals surface area contributed by atoms with Crippen molar-refractivity contribution in [1.82, 2.24) is 0 Å². The molecular weight excluding hydrogens is 232 g/mol. The van der Waals surface area contributed by atoms with Gasteiger partial charge in [-0.05, 0) is 42.0 Å². The summed E-state index contributed by atoms with van der Waals surface area (Å²) in [6.45, 7) is 5.28. The number of benzene rings is 1. The Hall–Kier alpha value is -1.50. The molecule has 1 nitrogen and oxygen atoms in total. The Labute approximate surface area is 117 Å². The molecule has 1 aromatic carbocycles. The molecule has 1 aliphatic carbocycles. The van der Waals surface area contributed by atoms with Gasteiger partial charge in [0.25, 0.3) is 0 Å². The molecule has 102 valence electrons. The number of hydrogen-bond donors (Lipinski definition) is 0. The largest absolute Gasteiger partial charge is 0.494 e. The van der Waals surface area contributed by atoms with Crippen LogP contribution in [-0.4, -0.2) is 6.61 Å². The van der Waals surface area contributed by atoms with Crippen LogP contribution in [0.25, 0.3) is 5.57 Å². The fourth-order valence-corrected chi connectivity index (χ4v) is 2.23. The molecule has 2 rings (SSSR count). The van der Waals surface area contributed by atoms with Crippen LogP contribution in [0.15, 0.2) is 42.5 Å². The van der Waals surface area contributed by atoms with E-state index in [1.807, 2.05) is 0 Å². The molecule has 0 aliphatic heterocycles. The van der Waals surface area contributed by atoms with E-state index in [1.54, 1.807) is 0 Å². The van der Waals surface area contributed by atoms with Crippen molar-refractivity contribution in [3.05, 3.63) is 48.1 Å². The Morgan fingerprint density at radius 2 is 1.95 bits per heavy atom. The van der Waals surface area contributed by atoms with Gasteiger partial charge in [0.15, 0.2) is 0 Å². The van der Waals surface area contributed by atoms with Crippen molar-refractivity contribution in [3.63, 3.8) is 0 Å². The van der Waals surface area contributed by atoms with Crippen molar-refractivity contribution in [1.29, 1.82) is 0 Å². The second kappa shape index (κ2) is 7.18. The molecule has 1 atom stereocenters. The van der Waals surface area contributed by atoms with Gasteiger partial charge in [-0.25, -0.2) is 0 Å². The van der Waals surface area contributed by atoms with E-state index in [4.69, 9.17) is 4.74 Å². The van der Waals surface area contributed by atoms with Gasteiger partial charge in [-0.1, -0.05) is 57.0 Å². The van der Waals surface area contributed by atoms with Gasteiger partial charge in [0, 0.05) is 0 Å². The fraction of sp³-hybridized carbons (Fsp3) is 0.444. The monoisotopic (exact) mass is 256 g/mol. The topological polar surface area (TPSA) is 9.23 Å². The molecule has 0 fully saturated rings. The summed E-state index contributed by atoms with van der Waals surface area (Å²) in [6, 6.07) is 8.46. The van der Waals surface area contributed by atoms with E-state index in [2.05, 4.69) is 56.3 Å². The summed E-state index contributed by atoms with van der Waals surface area (Å²) in [5.74, 6) is 1.65. The first kappa shape index (κ1) is 13.9. The quantitative estimate of drug-likeness (QED) is 0.633. The standard InChI is InChI=1S/C18H24O/c1-3-4-5-14-19-18-12-10-17(11-13-18)16-8-6-15(2)7-9-16/h6,8-13,15H,3-5,7,14H2,1-2H3. The molecule has 1 aliphatic rings. The Balaban J connectivity index is 1.90. The zero-order chi connectivity index (χ0) is 13.5. The Kier molecular flexibility index (Phi) is 5.26. The highest BCUT2D eigenvalue weighted by Crippen LogP contribution is 2.25. The number of allylic oxidation sites excluding steroid dienone is 4. The third kappa shape index (κ3) is 4.27. The summed E-state index contributed by atoms with van der Waals surface area (Å²) in [5, 5.41) is 0. The summed E-state index contributed by atoms with van der Waals surface area (Å²) in [4.78, 5) is 0. The van der Waals surface area contributed by atoms with Gasteiger partial charge in [0.05, 0.1) is 6.61 Å². The molecule has 0 N–H and O–H groups in total. The molecule has 0 saturated carbocycles. The smallest absolute Gasteiger partial charge is 0.119 e. The SMILES string of the molecule is CCCCCOc1ccc(C2=CCC(C)C=C2)cc1. The van der Waals surface area contributed by atoms with Gasteiger partial charge < -0.3 is 4.74 Å². The predicted octanol–water partition coefficient (Wildman–Crippen LogP) is 5.24. The number of hydrogen-bond acceptors (Lipinski definition) is 1. The van der Waals surface area contributed by atoms with Crippen LogP contribution in [0.1, 0.15) is 45.1 Å². The highest BCUT2D eigenvalue weighted by atomic mass is 16.5. The summed E-state index contributed by atoms with van der Waals surface area (Å²) in [5.41, 5.74) is 2.61. The lowest BCUT2D eigenvalue weighted by atomic mass is 9.94. The Bertz CT molecular complexity index is 439. The van der Waals surface area contributed by atoms with Crippen LogP contribution in [-0.2, 0) is 0 Å². The molecule has 0 amide bonds. The van der Waals surface area contributed by atoms with Crippen molar-refractivity contribution < 1.29 is 4.74 Å². The Morgan fingerprint density at radius 3 is 2.58 bits per heavy atom. The van der Waals surface area contributed by atoms with Crippen LogP contribution in [0.2, 0.25) is 0 Å². The molecule has 0 aromatic heterocycles. The first-order chi connectivity index (χ1) is 9.29. The molecule has 19 heavy (non-hydrogen) atoms. The second-order valence-electron chi connectivity index (χ2n) is 5.31. The van der Waals surface area contributed by atoms with Crippen LogP contribution in [0, 0.1) is 5.92 Å². The van der Waals surface area contributed by atoms with Crippen LogP contribution < -0.4 is 4.74 Å². The van der Waals surface area contributed by atoms with E-state index >= 15 is 0 Å². The predicted molar refractivity (Wildman–Crippen MR) is 82.4 cm³/mol. The van der Waals surface area contributed by atoms with E-state index in [-0.39, 0.29) is 0 Å². The van der Waals surface area contributed by atoms with Crippen molar-refractivity contribution in [2.45, 2.75) is 39.5 Å². The van der Waals surface area contributed by atoms with E-state index in [9.17, 15) is 0 Å². The van der Waals surface area contributed by atoms with Crippen molar-refractivity contribution >= 4 is 5.57 Å². The van der Waals surface area contributed by atoms with E-state index in [0.717, 1.165) is 25.2 Å². The maximum Gasteiger partial charge on any atom is 0.119 e. The molecule has 0 bridgehead atoms. The Morgan fingerprint density at radius 1 is 1.16 bits per heavy atom. The lowest BCUT2D eigenvalue weighted by Crippen LogP contribution is -1.97. The van der Waals surface area contributed by atoms with Crippen molar-refractivity contribution in [2.24, 2.45) is 5.92 Å². The van der Waals surface area contributed by atoms with Gasteiger partial charge >= 0.3 is 0 Å². The average molecular weight is 256 g/mol. The van der Waals surface area contributed by atoms with Crippen LogP contribution in [0.3, 0.4) is 0 Å².